The number of amides is 2. The number of hydrogen-bond acceptors (Lipinski definition) is 4. The van der Waals surface area contributed by atoms with E-state index in [0.717, 1.165) is 29.9 Å². The average molecular weight is 357 g/mol. The number of aromatic nitrogens is 3. The van der Waals surface area contributed by atoms with E-state index in [-0.39, 0.29) is 18.4 Å². The third kappa shape index (κ3) is 3.79. The van der Waals surface area contributed by atoms with Crippen molar-refractivity contribution in [1.82, 2.24) is 25.0 Å². The van der Waals surface area contributed by atoms with Crippen LogP contribution in [0.15, 0.2) is 28.9 Å². The molecule has 0 saturated heterocycles. The van der Waals surface area contributed by atoms with E-state index < -0.39 is 0 Å². The zero-order chi connectivity index (χ0) is 18.7. The minimum atomic E-state index is -0.309. The fourth-order valence-corrected chi connectivity index (χ4v) is 2.94. The molecule has 3 aromatic rings. The minimum Gasteiger partial charge on any atom is -0.463 e. The molecule has 0 atom stereocenters. The molecular weight excluding hydrogens is 334 g/mol. The quantitative estimate of drug-likeness (QED) is 0.627. The van der Waals surface area contributed by atoms with Gasteiger partial charge in [0.1, 0.15) is 5.69 Å². The molecule has 3 rings (SSSR count). The van der Waals surface area contributed by atoms with Crippen LogP contribution in [-0.4, -0.2) is 39.3 Å². The Morgan fingerprint density at radius 3 is 2.73 bits per heavy atom. The molecule has 3 heterocycles. The van der Waals surface area contributed by atoms with Gasteiger partial charge in [-0.2, -0.15) is 5.10 Å². The summed E-state index contributed by atoms with van der Waals surface area (Å²) < 4.78 is 8.94. The molecule has 0 bridgehead atoms. The van der Waals surface area contributed by atoms with Crippen molar-refractivity contribution in [3.63, 3.8) is 0 Å². The summed E-state index contributed by atoms with van der Waals surface area (Å²) in [7, 11) is 1.78. The Morgan fingerprint density at radius 2 is 2.04 bits per heavy atom. The highest BCUT2D eigenvalue weighted by Gasteiger charge is 2.15. The number of carbonyl (C=O) groups excluding carboxylic acids is 2. The second-order valence-corrected chi connectivity index (χ2v) is 6.30. The largest absolute Gasteiger partial charge is 0.463 e. The van der Waals surface area contributed by atoms with Gasteiger partial charge in [-0.25, -0.2) is 0 Å². The highest BCUT2D eigenvalue weighted by Crippen LogP contribution is 2.19. The van der Waals surface area contributed by atoms with Gasteiger partial charge in [-0.1, -0.05) is 0 Å². The number of furan rings is 1. The summed E-state index contributed by atoms with van der Waals surface area (Å²) in [5, 5.41) is 9.81. The molecule has 8 nitrogen and oxygen atoms in total. The zero-order valence-corrected chi connectivity index (χ0v) is 15.2. The standard InChI is InChI=1S/C18H23N5O3/c1-12-9-13(2)23(21-12)7-4-6-19-17(24)11-20-18(25)15-10-16-14(22(15)3)5-8-26-16/h5,8-10H,4,6-7,11H2,1-3H3,(H,19,24)(H,20,25). The third-order valence-electron chi connectivity index (χ3n) is 4.28. The van der Waals surface area contributed by atoms with Crippen molar-refractivity contribution in [2.75, 3.05) is 13.1 Å². The summed E-state index contributed by atoms with van der Waals surface area (Å²) in [6.07, 6.45) is 2.35. The first-order chi connectivity index (χ1) is 12.5. The van der Waals surface area contributed by atoms with Crippen LogP contribution in [0, 0.1) is 13.8 Å². The summed E-state index contributed by atoms with van der Waals surface area (Å²) in [4.78, 5) is 24.1. The van der Waals surface area contributed by atoms with Gasteiger partial charge >= 0.3 is 0 Å². The Hall–Kier alpha value is -3.03. The highest BCUT2D eigenvalue weighted by atomic mass is 16.3. The van der Waals surface area contributed by atoms with E-state index in [1.807, 2.05) is 24.6 Å². The van der Waals surface area contributed by atoms with E-state index >= 15 is 0 Å². The summed E-state index contributed by atoms with van der Waals surface area (Å²) in [5.41, 5.74) is 4.03. The third-order valence-corrected chi connectivity index (χ3v) is 4.28. The van der Waals surface area contributed by atoms with E-state index in [1.165, 1.54) is 0 Å². The molecule has 26 heavy (non-hydrogen) atoms. The van der Waals surface area contributed by atoms with Gasteiger partial charge in [0.2, 0.25) is 5.91 Å². The van der Waals surface area contributed by atoms with Gasteiger partial charge in [0.25, 0.3) is 5.91 Å². The van der Waals surface area contributed by atoms with E-state index in [9.17, 15) is 9.59 Å². The number of carbonyl (C=O) groups is 2. The lowest BCUT2D eigenvalue weighted by atomic mass is 10.3. The molecule has 0 saturated carbocycles. The molecule has 0 spiro atoms. The van der Waals surface area contributed by atoms with Crippen molar-refractivity contribution in [2.45, 2.75) is 26.8 Å². The fraction of sp³-hybridized carbons (Fsp3) is 0.389. The number of aryl methyl sites for hydroxylation is 4. The molecular formula is C18H23N5O3. The minimum absolute atomic E-state index is 0.0642. The highest BCUT2D eigenvalue weighted by molar-refractivity contribution is 5.99. The normalized spacial score (nSPS) is 11.0. The first kappa shape index (κ1) is 17.8. The van der Waals surface area contributed by atoms with Gasteiger partial charge in [-0.05, 0) is 26.3 Å². The first-order valence-electron chi connectivity index (χ1n) is 8.54. The van der Waals surface area contributed by atoms with Crippen LogP contribution in [-0.2, 0) is 18.4 Å². The molecule has 0 fully saturated rings. The van der Waals surface area contributed by atoms with Crippen molar-refractivity contribution in [3.05, 3.63) is 41.5 Å². The van der Waals surface area contributed by atoms with Gasteiger partial charge in [-0.15, -0.1) is 0 Å². The van der Waals surface area contributed by atoms with Crippen molar-refractivity contribution in [2.24, 2.45) is 7.05 Å². The second-order valence-electron chi connectivity index (χ2n) is 6.30. The lowest BCUT2D eigenvalue weighted by molar-refractivity contribution is -0.120. The van der Waals surface area contributed by atoms with Gasteiger partial charge in [0.05, 0.1) is 24.0 Å². The summed E-state index contributed by atoms with van der Waals surface area (Å²) in [5.74, 6) is -0.527. The predicted octanol–water partition coefficient (Wildman–Crippen LogP) is 1.52. The maximum atomic E-state index is 12.2. The van der Waals surface area contributed by atoms with Crippen LogP contribution >= 0.6 is 0 Å². The van der Waals surface area contributed by atoms with Crippen LogP contribution in [0.2, 0.25) is 0 Å². The molecule has 0 unspecified atom stereocenters. The Labute approximate surface area is 151 Å². The van der Waals surface area contributed by atoms with E-state index in [1.54, 1.807) is 30.0 Å². The second kappa shape index (κ2) is 7.47. The van der Waals surface area contributed by atoms with Gasteiger partial charge in [0.15, 0.2) is 5.58 Å². The molecule has 138 valence electrons. The van der Waals surface area contributed by atoms with Crippen molar-refractivity contribution >= 4 is 22.9 Å². The van der Waals surface area contributed by atoms with Crippen LogP contribution in [0.25, 0.3) is 11.1 Å². The monoisotopic (exact) mass is 357 g/mol. The Bertz CT molecular complexity index is 934. The number of fused-ring (bicyclic) bond motifs is 1. The predicted molar refractivity (Wildman–Crippen MR) is 96.8 cm³/mol. The maximum absolute atomic E-state index is 12.2. The summed E-state index contributed by atoms with van der Waals surface area (Å²) in [6, 6.07) is 5.48. The smallest absolute Gasteiger partial charge is 0.268 e. The zero-order valence-electron chi connectivity index (χ0n) is 15.2. The molecule has 2 amide bonds. The number of hydrogen-bond donors (Lipinski definition) is 2. The van der Waals surface area contributed by atoms with Crippen LogP contribution in [0.3, 0.4) is 0 Å². The summed E-state index contributed by atoms with van der Waals surface area (Å²) in [6.45, 7) is 5.18. The lowest BCUT2D eigenvalue weighted by Crippen LogP contribution is -2.38. The molecule has 0 aliphatic carbocycles. The molecule has 0 aromatic carbocycles. The molecule has 0 aliphatic rings. The van der Waals surface area contributed by atoms with Crippen LogP contribution < -0.4 is 10.6 Å². The van der Waals surface area contributed by atoms with Gasteiger partial charge in [-0.3, -0.25) is 14.3 Å². The topological polar surface area (TPSA) is 94.1 Å². The van der Waals surface area contributed by atoms with Crippen LogP contribution in [0.5, 0.6) is 0 Å². The van der Waals surface area contributed by atoms with E-state index in [0.29, 0.717) is 17.8 Å². The van der Waals surface area contributed by atoms with Crippen molar-refractivity contribution in [1.29, 1.82) is 0 Å². The van der Waals surface area contributed by atoms with Crippen molar-refractivity contribution in [3.8, 4) is 0 Å². The van der Waals surface area contributed by atoms with Gasteiger partial charge < -0.3 is 19.6 Å². The fourth-order valence-electron chi connectivity index (χ4n) is 2.94. The Balaban J connectivity index is 1.41. The van der Waals surface area contributed by atoms with E-state index in [2.05, 4.69) is 15.7 Å². The Kier molecular flexibility index (Phi) is 5.11. The van der Waals surface area contributed by atoms with Gasteiger partial charge in [0, 0.05) is 38.0 Å². The molecule has 2 N–H and O–H groups in total. The van der Waals surface area contributed by atoms with Crippen LogP contribution in [0.4, 0.5) is 0 Å². The van der Waals surface area contributed by atoms with Crippen molar-refractivity contribution < 1.29 is 14.0 Å². The molecule has 3 aromatic heterocycles. The lowest BCUT2D eigenvalue weighted by Gasteiger charge is -2.08. The first-order valence-corrected chi connectivity index (χ1v) is 8.54. The number of nitrogens with zero attached hydrogens (tertiary/aromatic N) is 3. The average Bonchev–Trinajstić information content (AvgIpc) is 3.26. The number of rotatable bonds is 7. The molecule has 8 heteroatoms. The maximum Gasteiger partial charge on any atom is 0.268 e. The summed E-state index contributed by atoms with van der Waals surface area (Å²) >= 11 is 0. The number of nitrogens with one attached hydrogen (secondary N) is 2. The molecule has 0 aliphatic heterocycles. The van der Waals surface area contributed by atoms with E-state index in [4.69, 9.17) is 4.42 Å². The Morgan fingerprint density at radius 1 is 1.23 bits per heavy atom. The van der Waals surface area contributed by atoms with Crippen LogP contribution in [0.1, 0.15) is 28.3 Å². The molecule has 0 radical (unpaired) electrons. The SMILES string of the molecule is Cc1cc(C)n(CCCNC(=O)CNC(=O)c2cc3occc3n2C)n1.